The Morgan fingerprint density at radius 2 is 1.72 bits per heavy atom. The van der Waals surface area contributed by atoms with Crippen molar-refractivity contribution in [2.45, 2.75) is 38.7 Å². The number of aliphatic hydroxyl groups is 1. The minimum atomic E-state index is -0.496. The van der Waals surface area contributed by atoms with Crippen molar-refractivity contribution in [1.82, 2.24) is 4.98 Å². The van der Waals surface area contributed by atoms with Gasteiger partial charge < -0.3 is 5.11 Å². The van der Waals surface area contributed by atoms with E-state index in [0.717, 1.165) is 34.1 Å². The summed E-state index contributed by atoms with van der Waals surface area (Å²) in [4.78, 5) is 4.67. The predicted octanol–water partition coefficient (Wildman–Crippen LogP) is 7.85. The van der Waals surface area contributed by atoms with Gasteiger partial charge in [-0.1, -0.05) is 86.1 Å². The van der Waals surface area contributed by atoms with Gasteiger partial charge in [0, 0.05) is 10.4 Å². The first-order valence-electron chi connectivity index (χ1n) is 11.1. The molecule has 3 aromatic carbocycles. The van der Waals surface area contributed by atoms with E-state index in [9.17, 15) is 5.11 Å². The summed E-state index contributed by atoms with van der Waals surface area (Å²) in [5, 5.41) is 12.6. The van der Waals surface area contributed by atoms with E-state index in [4.69, 9.17) is 11.6 Å². The van der Waals surface area contributed by atoms with E-state index in [1.54, 1.807) is 0 Å². The van der Waals surface area contributed by atoms with Crippen LogP contribution in [0.5, 0.6) is 0 Å². The minimum Gasteiger partial charge on any atom is -0.388 e. The van der Waals surface area contributed by atoms with Crippen LogP contribution in [0.4, 0.5) is 0 Å². The smallest absolute Gasteiger partial charge is 0.0793 e. The molecule has 0 aliphatic rings. The van der Waals surface area contributed by atoms with Crippen molar-refractivity contribution < 1.29 is 5.11 Å². The van der Waals surface area contributed by atoms with E-state index in [0.29, 0.717) is 17.4 Å². The molecule has 0 saturated carbocycles. The zero-order chi connectivity index (χ0) is 22.5. The maximum Gasteiger partial charge on any atom is 0.0793 e. The van der Waals surface area contributed by atoms with Crippen molar-refractivity contribution in [2.24, 2.45) is 0 Å². The summed E-state index contributed by atoms with van der Waals surface area (Å²) in [5.74, 6) is 0.483. The highest BCUT2D eigenvalue weighted by atomic mass is 35.5. The summed E-state index contributed by atoms with van der Waals surface area (Å²) >= 11 is 6.10. The Labute approximate surface area is 195 Å². The number of nitrogens with zero attached hydrogens (tertiary/aromatic N) is 1. The third kappa shape index (κ3) is 5.45. The molecule has 1 atom stereocenters. The molecule has 0 aliphatic carbocycles. The van der Waals surface area contributed by atoms with E-state index < -0.39 is 6.10 Å². The number of hydrogen-bond donors (Lipinski definition) is 1. The molecule has 1 heterocycles. The number of fused-ring (bicyclic) bond motifs is 1. The van der Waals surface area contributed by atoms with Gasteiger partial charge in [-0.05, 0) is 71.4 Å². The first kappa shape index (κ1) is 22.3. The molecule has 32 heavy (non-hydrogen) atoms. The maximum atomic E-state index is 10.8. The Kier molecular flexibility index (Phi) is 7.04. The molecule has 4 aromatic rings. The lowest BCUT2D eigenvalue weighted by molar-refractivity contribution is 0.167. The molecule has 4 rings (SSSR count). The van der Waals surface area contributed by atoms with Gasteiger partial charge in [0.25, 0.3) is 0 Å². The van der Waals surface area contributed by atoms with Crippen LogP contribution in [0.1, 0.15) is 60.2 Å². The van der Waals surface area contributed by atoms with E-state index >= 15 is 0 Å². The van der Waals surface area contributed by atoms with Crippen molar-refractivity contribution in [3.63, 3.8) is 0 Å². The number of hydrogen-bond acceptors (Lipinski definition) is 2. The number of aryl methyl sites for hydroxylation is 1. The summed E-state index contributed by atoms with van der Waals surface area (Å²) < 4.78 is 0. The van der Waals surface area contributed by atoms with Crippen LogP contribution in [0, 0.1) is 0 Å². The molecule has 0 saturated heterocycles. The number of rotatable bonds is 7. The Hall–Kier alpha value is -2.94. The number of benzene rings is 3. The zero-order valence-corrected chi connectivity index (χ0v) is 19.3. The number of aromatic nitrogens is 1. The van der Waals surface area contributed by atoms with Crippen LogP contribution in [-0.4, -0.2) is 10.1 Å². The molecule has 0 bridgehead atoms. The molecule has 0 aliphatic heterocycles. The normalized spacial score (nSPS) is 12.7. The van der Waals surface area contributed by atoms with Crippen molar-refractivity contribution in [2.75, 3.05) is 0 Å². The Morgan fingerprint density at radius 1 is 0.906 bits per heavy atom. The molecular weight excluding hydrogens is 414 g/mol. The zero-order valence-electron chi connectivity index (χ0n) is 18.5. The van der Waals surface area contributed by atoms with Crippen LogP contribution in [0.25, 0.3) is 23.1 Å². The quantitative estimate of drug-likeness (QED) is 0.316. The highest BCUT2D eigenvalue weighted by Gasteiger charge is 2.11. The second-order valence-corrected chi connectivity index (χ2v) is 8.92. The third-order valence-electron chi connectivity index (χ3n) is 5.78. The summed E-state index contributed by atoms with van der Waals surface area (Å²) in [6.07, 6.45) is 5.08. The Balaban J connectivity index is 1.46. The van der Waals surface area contributed by atoms with Crippen molar-refractivity contribution in [1.29, 1.82) is 0 Å². The van der Waals surface area contributed by atoms with Gasteiger partial charge in [-0.2, -0.15) is 0 Å². The van der Waals surface area contributed by atoms with Crippen molar-refractivity contribution >= 4 is 34.7 Å². The lowest BCUT2D eigenvalue weighted by Gasteiger charge is -2.15. The van der Waals surface area contributed by atoms with Gasteiger partial charge in [0.1, 0.15) is 0 Å². The summed E-state index contributed by atoms with van der Waals surface area (Å²) in [7, 11) is 0. The van der Waals surface area contributed by atoms with E-state index in [1.165, 1.54) is 11.1 Å². The molecule has 0 spiro atoms. The summed E-state index contributed by atoms with van der Waals surface area (Å²) in [5.41, 5.74) is 6.41. The van der Waals surface area contributed by atoms with Crippen molar-refractivity contribution in [3.05, 3.63) is 112 Å². The molecule has 0 amide bonds. The number of aliphatic hydroxyl groups excluding tert-OH is 1. The highest BCUT2D eigenvalue weighted by molar-refractivity contribution is 6.31. The molecule has 1 N–H and O–H groups in total. The molecule has 1 unspecified atom stereocenters. The molecular formula is C29H28ClNO. The first-order valence-corrected chi connectivity index (χ1v) is 11.5. The highest BCUT2D eigenvalue weighted by Crippen LogP contribution is 2.25. The lowest BCUT2D eigenvalue weighted by Crippen LogP contribution is -2.02. The van der Waals surface area contributed by atoms with Crippen LogP contribution in [-0.2, 0) is 6.42 Å². The van der Waals surface area contributed by atoms with Gasteiger partial charge in [-0.25, -0.2) is 4.98 Å². The average Bonchev–Trinajstić information content (AvgIpc) is 2.81. The molecule has 162 valence electrons. The van der Waals surface area contributed by atoms with Crippen LogP contribution in [0.3, 0.4) is 0 Å². The summed E-state index contributed by atoms with van der Waals surface area (Å²) in [6.45, 7) is 4.42. The standard InChI is InChI=1S/C29H28ClNO/c1-20(2)27-9-4-3-7-22(27)13-17-29(32)24-8-5-6-21(18-24)10-15-26-16-12-23-11-14-25(30)19-28(23)31-26/h3-12,14-16,18-20,29,32H,13,17H2,1-2H3/b15-10+. The Bertz CT molecular complexity index is 1240. The monoisotopic (exact) mass is 441 g/mol. The second-order valence-electron chi connectivity index (χ2n) is 8.48. The van der Waals surface area contributed by atoms with Gasteiger partial charge in [-0.3, -0.25) is 0 Å². The SMILES string of the molecule is CC(C)c1ccccc1CCC(O)c1cccc(/C=C/c2ccc3ccc(Cl)cc3n2)c1. The predicted molar refractivity (Wildman–Crippen MR) is 136 cm³/mol. The second kappa shape index (κ2) is 10.1. The fraction of sp³-hybridized carbons (Fsp3) is 0.207. The molecule has 2 nitrogen and oxygen atoms in total. The van der Waals surface area contributed by atoms with E-state index in [2.05, 4.69) is 43.1 Å². The largest absolute Gasteiger partial charge is 0.388 e. The van der Waals surface area contributed by atoms with Gasteiger partial charge in [0.2, 0.25) is 0 Å². The van der Waals surface area contributed by atoms with Gasteiger partial charge in [0.15, 0.2) is 0 Å². The molecule has 0 radical (unpaired) electrons. The fourth-order valence-electron chi connectivity index (χ4n) is 4.03. The maximum absolute atomic E-state index is 10.8. The van der Waals surface area contributed by atoms with Crippen LogP contribution in [0.15, 0.2) is 78.9 Å². The Morgan fingerprint density at radius 3 is 2.56 bits per heavy atom. The fourth-order valence-corrected chi connectivity index (χ4v) is 4.20. The van der Waals surface area contributed by atoms with Crippen LogP contribution < -0.4 is 0 Å². The minimum absolute atomic E-state index is 0.483. The number of halogens is 1. The van der Waals surface area contributed by atoms with Crippen molar-refractivity contribution in [3.8, 4) is 0 Å². The topological polar surface area (TPSA) is 33.1 Å². The number of pyridine rings is 1. The average molecular weight is 442 g/mol. The molecule has 1 aromatic heterocycles. The lowest BCUT2D eigenvalue weighted by atomic mass is 9.92. The first-order chi connectivity index (χ1) is 15.5. The molecule has 3 heteroatoms. The van der Waals surface area contributed by atoms with Crippen LogP contribution >= 0.6 is 11.6 Å². The summed E-state index contributed by atoms with van der Waals surface area (Å²) in [6, 6.07) is 26.4. The van der Waals surface area contributed by atoms with Gasteiger partial charge >= 0.3 is 0 Å². The molecule has 0 fully saturated rings. The third-order valence-corrected chi connectivity index (χ3v) is 6.02. The van der Waals surface area contributed by atoms with Gasteiger partial charge in [0.05, 0.1) is 17.3 Å². The van der Waals surface area contributed by atoms with E-state index in [1.807, 2.05) is 66.7 Å². The van der Waals surface area contributed by atoms with E-state index in [-0.39, 0.29) is 0 Å². The van der Waals surface area contributed by atoms with Gasteiger partial charge in [-0.15, -0.1) is 0 Å². The van der Waals surface area contributed by atoms with Crippen LogP contribution in [0.2, 0.25) is 5.02 Å².